The molecule has 0 saturated heterocycles. The standard InChI is InChI=1S/C13H18FNO3/c1-12(2,13(3,4)18)15-11(17)10-8(14)6-5-7-9(10)16/h5-7,16,18H,1-4H3,(H,15,17). The van der Waals surface area contributed by atoms with E-state index in [9.17, 15) is 19.4 Å². The Morgan fingerprint density at radius 1 is 1.28 bits per heavy atom. The Morgan fingerprint density at radius 2 is 1.83 bits per heavy atom. The summed E-state index contributed by atoms with van der Waals surface area (Å²) in [4.78, 5) is 11.9. The second kappa shape index (κ2) is 4.57. The van der Waals surface area contributed by atoms with Gasteiger partial charge in [0.2, 0.25) is 0 Å². The van der Waals surface area contributed by atoms with E-state index in [1.165, 1.54) is 26.0 Å². The minimum Gasteiger partial charge on any atom is -0.507 e. The molecule has 1 aromatic carbocycles. The molecule has 0 saturated carbocycles. The van der Waals surface area contributed by atoms with Crippen LogP contribution in [0.25, 0.3) is 0 Å². The van der Waals surface area contributed by atoms with Gasteiger partial charge >= 0.3 is 0 Å². The monoisotopic (exact) mass is 255 g/mol. The smallest absolute Gasteiger partial charge is 0.258 e. The van der Waals surface area contributed by atoms with Gasteiger partial charge in [-0.25, -0.2) is 4.39 Å². The predicted octanol–water partition coefficient (Wildman–Crippen LogP) is 1.81. The number of hydrogen-bond acceptors (Lipinski definition) is 3. The lowest BCUT2D eigenvalue weighted by Gasteiger charge is -2.38. The van der Waals surface area contributed by atoms with E-state index in [1.807, 2.05) is 0 Å². The van der Waals surface area contributed by atoms with Crippen molar-refractivity contribution >= 4 is 5.91 Å². The molecule has 1 rings (SSSR count). The number of carbonyl (C=O) groups is 1. The van der Waals surface area contributed by atoms with Gasteiger partial charge in [-0.1, -0.05) is 6.07 Å². The zero-order valence-corrected chi connectivity index (χ0v) is 10.9. The average Bonchev–Trinajstić information content (AvgIpc) is 2.14. The van der Waals surface area contributed by atoms with Crippen LogP contribution in [0.5, 0.6) is 5.75 Å². The molecule has 0 fully saturated rings. The first-order valence-corrected chi connectivity index (χ1v) is 5.58. The van der Waals surface area contributed by atoms with Crippen molar-refractivity contribution in [3.05, 3.63) is 29.6 Å². The van der Waals surface area contributed by atoms with Gasteiger partial charge in [0.15, 0.2) is 0 Å². The topological polar surface area (TPSA) is 69.6 Å². The van der Waals surface area contributed by atoms with Crippen molar-refractivity contribution in [3.63, 3.8) is 0 Å². The van der Waals surface area contributed by atoms with Gasteiger partial charge < -0.3 is 15.5 Å². The summed E-state index contributed by atoms with van der Waals surface area (Å²) in [5.41, 5.74) is -2.59. The van der Waals surface area contributed by atoms with Gasteiger partial charge in [-0.15, -0.1) is 0 Å². The number of rotatable bonds is 3. The predicted molar refractivity (Wildman–Crippen MR) is 65.9 cm³/mol. The second-order valence-corrected chi connectivity index (χ2v) is 5.27. The fourth-order valence-corrected chi connectivity index (χ4v) is 1.24. The lowest BCUT2D eigenvalue weighted by atomic mass is 9.85. The largest absolute Gasteiger partial charge is 0.507 e. The van der Waals surface area contributed by atoms with Gasteiger partial charge in [0, 0.05) is 0 Å². The molecule has 0 radical (unpaired) electrons. The second-order valence-electron chi connectivity index (χ2n) is 5.27. The molecule has 1 aromatic rings. The number of aliphatic hydroxyl groups is 1. The Hall–Kier alpha value is -1.62. The fraction of sp³-hybridized carbons (Fsp3) is 0.462. The Bertz CT molecular complexity index is 444. The van der Waals surface area contributed by atoms with Crippen LogP contribution in [0.15, 0.2) is 18.2 Å². The molecule has 5 heteroatoms. The van der Waals surface area contributed by atoms with Gasteiger partial charge in [-0.2, -0.15) is 0 Å². The molecule has 0 unspecified atom stereocenters. The molecule has 1 amide bonds. The minimum absolute atomic E-state index is 0.421. The zero-order valence-electron chi connectivity index (χ0n) is 10.9. The van der Waals surface area contributed by atoms with E-state index in [-0.39, 0.29) is 0 Å². The fourth-order valence-electron chi connectivity index (χ4n) is 1.24. The van der Waals surface area contributed by atoms with Crippen LogP contribution < -0.4 is 5.32 Å². The summed E-state index contributed by atoms with van der Waals surface area (Å²) in [7, 11) is 0. The number of nitrogens with one attached hydrogen (secondary N) is 1. The van der Waals surface area contributed by atoms with Crippen LogP contribution in [-0.4, -0.2) is 27.3 Å². The maximum Gasteiger partial charge on any atom is 0.258 e. The highest BCUT2D eigenvalue weighted by molar-refractivity contribution is 5.97. The highest BCUT2D eigenvalue weighted by Gasteiger charge is 2.37. The highest BCUT2D eigenvalue weighted by atomic mass is 19.1. The number of phenolic OH excluding ortho intramolecular Hbond substituents is 1. The molecule has 0 spiro atoms. The van der Waals surface area contributed by atoms with E-state index in [4.69, 9.17) is 0 Å². The van der Waals surface area contributed by atoms with Crippen LogP contribution in [0.2, 0.25) is 0 Å². The molecular formula is C13H18FNO3. The van der Waals surface area contributed by atoms with Crippen LogP contribution in [0.4, 0.5) is 4.39 Å². The Morgan fingerprint density at radius 3 is 2.28 bits per heavy atom. The van der Waals surface area contributed by atoms with Crippen molar-refractivity contribution < 1.29 is 19.4 Å². The third-order valence-electron chi connectivity index (χ3n) is 3.17. The van der Waals surface area contributed by atoms with Crippen LogP contribution >= 0.6 is 0 Å². The van der Waals surface area contributed by atoms with E-state index < -0.39 is 34.2 Å². The highest BCUT2D eigenvalue weighted by Crippen LogP contribution is 2.24. The average molecular weight is 255 g/mol. The van der Waals surface area contributed by atoms with E-state index in [0.29, 0.717) is 0 Å². The number of halogens is 1. The maximum atomic E-state index is 13.5. The summed E-state index contributed by atoms with van der Waals surface area (Å²) in [5, 5.41) is 21.9. The van der Waals surface area contributed by atoms with Crippen molar-refractivity contribution in [2.75, 3.05) is 0 Å². The van der Waals surface area contributed by atoms with Crippen molar-refractivity contribution in [1.82, 2.24) is 5.32 Å². The van der Waals surface area contributed by atoms with Crippen molar-refractivity contribution in [3.8, 4) is 5.75 Å². The quantitative estimate of drug-likeness (QED) is 0.771. The number of aromatic hydroxyl groups is 1. The van der Waals surface area contributed by atoms with Crippen molar-refractivity contribution in [1.29, 1.82) is 0 Å². The molecule has 0 heterocycles. The summed E-state index contributed by atoms with van der Waals surface area (Å²) in [5.74, 6) is -2.00. The maximum absolute atomic E-state index is 13.5. The molecule has 4 nitrogen and oxygen atoms in total. The molecule has 100 valence electrons. The molecular weight excluding hydrogens is 237 g/mol. The summed E-state index contributed by atoms with van der Waals surface area (Å²) < 4.78 is 13.5. The lowest BCUT2D eigenvalue weighted by Crippen LogP contribution is -2.57. The lowest BCUT2D eigenvalue weighted by molar-refractivity contribution is -0.00306. The third-order valence-corrected chi connectivity index (χ3v) is 3.17. The Labute approximate surface area is 105 Å². The van der Waals surface area contributed by atoms with Crippen LogP contribution in [-0.2, 0) is 0 Å². The Balaban J connectivity index is 3.04. The van der Waals surface area contributed by atoms with E-state index >= 15 is 0 Å². The summed E-state index contributed by atoms with van der Waals surface area (Å²) in [6, 6.07) is 3.63. The first-order chi connectivity index (χ1) is 8.06. The molecule has 18 heavy (non-hydrogen) atoms. The normalized spacial score (nSPS) is 12.3. The summed E-state index contributed by atoms with van der Waals surface area (Å²) >= 11 is 0. The molecule has 0 aliphatic rings. The molecule has 0 aliphatic carbocycles. The van der Waals surface area contributed by atoms with Crippen LogP contribution in [0.3, 0.4) is 0 Å². The van der Waals surface area contributed by atoms with Gasteiger partial charge in [-0.05, 0) is 39.8 Å². The van der Waals surface area contributed by atoms with Gasteiger partial charge in [0.1, 0.15) is 17.1 Å². The molecule has 0 aliphatic heterocycles. The van der Waals surface area contributed by atoms with E-state index in [0.717, 1.165) is 6.07 Å². The summed E-state index contributed by atoms with van der Waals surface area (Å²) in [6.07, 6.45) is 0. The van der Waals surface area contributed by atoms with Gasteiger partial charge in [-0.3, -0.25) is 4.79 Å². The first kappa shape index (κ1) is 14.4. The summed E-state index contributed by atoms with van der Waals surface area (Å²) in [6.45, 7) is 6.30. The van der Waals surface area contributed by atoms with Gasteiger partial charge in [0.05, 0.1) is 11.1 Å². The minimum atomic E-state index is -1.19. The SMILES string of the molecule is CC(C)(O)C(C)(C)NC(=O)c1c(O)cccc1F. The molecule has 0 aromatic heterocycles. The van der Waals surface area contributed by atoms with Gasteiger partial charge in [0.25, 0.3) is 5.91 Å². The number of benzene rings is 1. The van der Waals surface area contributed by atoms with Crippen molar-refractivity contribution in [2.24, 2.45) is 0 Å². The Kier molecular flexibility index (Phi) is 3.67. The van der Waals surface area contributed by atoms with E-state index in [1.54, 1.807) is 13.8 Å². The first-order valence-electron chi connectivity index (χ1n) is 5.58. The molecule has 0 atom stereocenters. The number of carbonyl (C=O) groups excluding carboxylic acids is 1. The third kappa shape index (κ3) is 2.79. The molecule has 0 bridgehead atoms. The van der Waals surface area contributed by atoms with Crippen molar-refractivity contribution in [2.45, 2.75) is 38.8 Å². The van der Waals surface area contributed by atoms with Crippen LogP contribution in [0.1, 0.15) is 38.1 Å². The number of amides is 1. The number of hydrogen-bond donors (Lipinski definition) is 3. The zero-order chi connectivity index (χ0) is 14.1. The van der Waals surface area contributed by atoms with Crippen LogP contribution in [0, 0.1) is 5.82 Å². The number of phenols is 1. The van der Waals surface area contributed by atoms with E-state index in [2.05, 4.69) is 5.32 Å². The molecule has 3 N–H and O–H groups in total.